The van der Waals surface area contributed by atoms with E-state index >= 15 is 0 Å². The van der Waals surface area contributed by atoms with E-state index in [1.807, 2.05) is 31.2 Å². The van der Waals surface area contributed by atoms with Gasteiger partial charge in [0.05, 0.1) is 13.0 Å². The number of hydrogen-bond donors (Lipinski definition) is 1. The van der Waals surface area contributed by atoms with Crippen molar-refractivity contribution in [3.05, 3.63) is 29.8 Å². The predicted octanol–water partition coefficient (Wildman–Crippen LogP) is 2.35. The second kappa shape index (κ2) is 9.41. The highest BCUT2D eigenvalue weighted by Gasteiger charge is 2.15. The van der Waals surface area contributed by atoms with Gasteiger partial charge >= 0.3 is 0 Å². The molecule has 1 amide bonds. The quantitative estimate of drug-likeness (QED) is 0.712. The molecule has 1 aromatic rings. The molecule has 0 saturated heterocycles. The minimum Gasteiger partial charge on any atom is -0.375 e. The summed E-state index contributed by atoms with van der Waals surface area (Å²) < 4.78 is 28.7. The Morgan fingerprint density at radius 1 is 1.43 bits per heavy atom. The van der Waals surface area contributed by atoms with E-state index in [0.717, 1.165) is 11.3 Å². The number of ether oxygens (including phenoxy) is 1. The van der Waals surface area contributed by atoms with Crippen molar-refractivity contribution < 1.29 is 18.3 Å². The summed E-state index contributed by atoms with van der Waals surface area (Å²) in [5, 5.41) is 0. The van der Waals surface area contributed by atoms with E-state index in [2.05, 4.69) is 0 Å². The van der Waals surface area contributed by atoms with Gasteiger partial charge in [-0.2, -0.15) is 0 Å². The molecule has 2 N–H and O–H groups in total. The minimum absolute atomic E-state index is 0.00584. The Labute approximate surface area is 123 Å². The number of aryl methyl sites for hydroxylation is 1. The van der Waals surface area contributed by atoms with Crippen molar-refractivity contribution >= 4 is 11.6 Å². The first-order chi connectivity index (χ1) is 10.0. The molecule has 0 heterocycles. The van der Waals surface area contributed by atoms with Crippen LogP contribution >= 0.6 is 0 Å². The molecular weight excluding hydrogens is 278 g/mol. The molecule has 0 atom stereocenters. The van der Waals surface area contributed by atoms with E-state index in [9.17, 15) is 13.6 Å². The molecule has 1 aromatic carbocycles. The predicted molar refractivity (Wildman–Crippen MR) is 78.6 cm³/mol. The number of carbonyl (C=O) groups excluding carboxylic acids is 1. The van der Waals surface area contributed by atoms with Crippen molar-refractivity contribution in [2.45, 2.75) is 26.2 Å². The van der Waals surface area contributed by atoms with Gasteiger partial charge in [0, 0.05) is 12.2 Å². The fraction of sp³-hybridized carbons (Fsp3) is 0.533. The number of nitrogens with zero attached hydrogens (tertiary/aromatic N) is 1. The van der Waals surface area contributed by atoms with Crippen LogP contribution < -0.4 is 10.6 Å². The van der Waals surface area contributed by atoms with E-state index in [4.69, 9.17) is 10.5 Å². The summed E-state index contributed by atoms with van der Waals surface area (Å²) in [6.45, 7) is 2.29. The lowest BCUT2D eigenvalue weighted by Crippen LogP contribution is -2.33. The summed E-state index contributed by atoms with van der Waals surface area (Å²) in [5.74, 6) is -0.150. The SMILES string of the molecule is Cc1cccc(N(CCCN)C(=O)CCOCC(F)F)c1. The Hall–Kier alpha value is -1.53. The molecular formula is C15H22F2N2O2. The molecule has 4 nitrogen and oxygen atoms in total. The van der Waals surface area contributed by atoms with Crippen molar-refractivity contribution in [2.24, 2.45) is 5.73 Å². The summed E-state index contributed by atoms with van der Waals surface area (Å²) in [5.41, 5.74) is 7.34. The highest BCUT2D eigenvalue weighted by Crippen LogP contribution is 2.17. The molecule has 0 aliphatic rings. The maximum absolute atomic E-state index is 12.2. The molecule has 0 aliphatic carbocycles. The van der Waals surface area contributed by atoms with Gasteiger partial charge in [0.1, 0.15) is 6.61 Å². The van der Waals surface area contributed by atoms with Crippen LogP contribution in [-0.4, -0.2) is 38.6 Å². The van der Waals surface area contributed by atoms with E-state index in [0.29, 0.717) is 19.5 Å². The third-order valence-electron chi connectivity index (χ3n) is 2.90. The molecule has 0 aliphatic heterocycles. The van der Waals surface area contributed by atoms with Crippen LogP contribution in [0.3, 0.4) is 0 Å². The van der Waals surface area contributed by atoms with Crippen molar-refractivity contribution in [2.75, 3.05) is 31.2 Å². The lowest BCUT2D eigenvalue weighted by Gasteiger charge is -2.23. The zero-order valence-corrected chi connectivity index (χ0v) is 12.2. The number of nitrogens with two attached hydrogens (primary N) is 1. The highest BCUT2D eigenvalue weighted by atomic mass is 19.3. The molecule has 21 heavy (non-hydrogen) atoms. The van der Waals surface area contributed by atoms with Gasteiger partial charge in [0.25, 0.3) is 6.43 Å². The van der Waals surface area contributed by atoms with Gasteiger partial charge in [0.2, 0.25) is 5.91 Å². The Morgan fingerprint density at radius 3 is 2.81 bits per heavy atom. The Morgan fingerprint density at radius 2 is 2.19 bits per heavy atom. The van der Waals surface area contributed by atoms with Gasteiger partial charge in [-0.15, -0.1) is 0 Å². The monoisotopic (exact) mass is 300 g/mol. The molecule has 6 heteroatoms. The molecule has 118 valence electrons. The number of anilines is 1. The van der Waals surface area contributed by atoms with Crippen LogP contribution in [0.15, 0.2) is 24.3 Å². The first-order valence-corrected chi connectivity index (χ1v) is 6.97. The maximum Gasteiger partial charge on any atom is 0.261 e. The van der Waals surface area contributed by atoms with Crippen LogP contribution in [0.25, 0.3) is 0 Å². The van der Waals surface area contributed by atoms with Crippen molar-refractivity contribution in [3.8, 4) is 0 Å². The summed E-state index contributed by atoms with van der Waals surface area (Å²) in [6, 6.07) is 7.58. The van der Waals surface area contributed by atoms with Gasteiger partial charge in [-0.25, -0.2) is 8.78 Å². The van der Waals surface area contributed by atoms with Crippen LogP contribution in [-0.2, 0) is 9.53 Å². The average Bonchev–Trinajstić information content (AvgIpc) is 2.44. The zero-order valence-electron chi connectivity index (χ0n) is 12.2. The van der Waals surface area contributed by atoms with Crippen molar-refractivity contribution in [3.63, 3.8) is 0 Å². The molecule has 0 saturated carbocycles. The lowest BCUT2D eigenvalue weighted by atomic mass is 10.2. The van der Waals surface area contributed by atoms with Crippen molar-refractivity contribution in [1.29, 1.82) is 0 Å². The third kappa shape index (κ3) is 6.64. The number of benzene rings is 1. The van der Waals surface area contributed by atoms with Gasteiger partial charge < -0.3 is 15.4 Å². The lowest BCUT2D eigenvalue weighted by molar-refractivity contribution is -0.120. The second-order valence-electron chi connectivity index (χ2n) is 4.74. The Kier molecular flexibility index (Phi) is 7.85. The molecule has 0 fully saturated rings. The molecule has 0 aromatic heterocycles. The summed E-state index contributed by atoms with van der Waals surface area (Å²) in [7, 11) is 0. The summed E-state index contributed by atoms with van der Waals surface area (Å²) in [6.07, 6.45) is -1.76. The summed E-state index contributed by atoms with van der Waals surface area (Å²) in [4.78, 5) is 13.9. The smallest absolute Gasteiger partial charge is 0.261 e. The number of rotatable bonds is 9. The topological polar surface area (TPSA) is 55.6 Å². The second-order valence-corrected chi connectivity index (χ2v) is 4.74. The standard InChI is InChI=1S/C15H22F2N2O2/c1-12-4-2-5-13(10-12)19(8-3-7-18)15(20)6-9-21-11-14(16)17/h2,4-5,10,14H,3,6-9,11,18H2,1H3. The molecule has 0 spiro atoms. The zero-order chi connectivity index (χ0) is 15.7. The van der Waals surface area contributed by atoms with E-state index in [1.165, 1.54) is 0 Å². The largest absolute Gasteiger partial charge is 0.375 e. The molecule has 0 radical (unpaired) electrons. The number of carbonyl (C=O) groups is 1. The third-order valence-corrected chi connectivity index (χ3v) is 2.90. The van der Waals surface area contributed by atoms with E-state index in [-0.39, 0.29) is 18.9 Å². The molecule has 1 rings (SSSR count). The first-order valence-electron chi connectivity index (χ1n) is 6.97. The minimum atomic E-state index is -2.51. The molecule has 0 unspecified atom stereocenters. The van der Waals surface area contributed by atoms with E-state index in [1.54, 1.807) is 4.90 Å². The summed E-state index contributed by atoms with van der Waals surface area (Å²) >= 11 is 0. The van der Waals surface area contributed by atoms with Gasteiger partial charge in [0.15, 0.2) is 0 Å². The highest BCUT2D eigenvalue weighted by molar-refractivity contribution is 5.93. The van der Waals surface area contributed by atoms with Gasteiger partial charge in [-0.3, -0.25) is 4.79 Å². The number of alkyl halides is 2. The fourth-order valence-corrected chi connectivity index (χ4v) is 1.91. The van der Waals surface area contributed by atoms with Crippen LogP contribution in [0, 0.1) is 6.92 Å². The first kappa shape index (κ1) is 17.5. The maximum atomic E-state index is 12.2. The number of amides is 1. The van der Waals surface area contributed by atoms with Crippen LogP contribution in [0.2, 0.25) is 0 Å². The Balaban J connectivity index is 2.62. The van der Waals surface area contributed by atoms with Crippen LogP contribution in [0.5, 0.6) is 0 Å². The normalized spacial score (nSPS) is 10.9. The van der Waals surface area contributed by atoms with E-state index < -0.39 is 13.0 Å². The molecule has 0 bridgehead atoms. The Bertz CT molecular complexity index is 441. The van der Waals surface area contributed by atoms with Crippen LogP contribution in [0.4, 0.5) is 14.5 Å². The number of hydrogen-bond acceptors (Lipinski definition) is 3. The van der Waals surface area contributed by atoms with Gasteiger partial charge in [-0.05, 0) is 37.6 Å². The van der Waals surface area contributed by atoms with Crippen molar-refractivity contribution in [1.82, 2.24) is 0 Å². The van der Waals surface area contributed by atoms with Crippen LogP contribution in [0.1, 0.15) is 18.4 Å². The average molecular weight is 300 g/mol. The number of halogens is 2. The van der Waals surface area contributed by atoms with Gasteiger partial charge in [-0.1, -0.05) is 12.1 Å². The fourth-order valence-electron chi connectivity index (χ4n) is 1.91.